The van der Waals surface area contributed by atoms with Gasteiger partial charge in [0, 0.05) is 50.1 Å². The van der Waals surface area contributed by atoms with E-state index in [1.54, 1.807) is 0 Å². The summed E-state index contributed by atoms with van der Waals surface area (Å²) < 4.78 is 13.3. The van der Waals surface area contributed by atoms with Crippen LogP contribution in [0, 0.1) is 0 Å². The van der Waals surface area contributed by atoms with E-state index in [4.69, 9.17) is 8.83 Å². The van der Waals surface area contributed by atoms with E-state index in [2.05, 4.69) is 207 Å². The fraction of sp³-hybridized carbons (Fsp3) is 0.0545. The van der Waals surface area contributed by atoms with Gasteiger partial charge in [0.1, 0.15) is 22.3 Å². The van der Waals surface area contributed by atoms with Crippen molar-refractivity contribution in [3.8, 4) is 33.4 Å². The van der Waals surface area contributed by atoms with Crippen molar-refractivity contribution in [2.45, 2.75) is 19.3 Å². The van der Waals surface area contributed by atoms with Gasteiger partial charge in [0.2, 0.25) is 0 Å². The normalized spacial score (nSPS) is 13.1. The van der Waals surface area contributed by atoms with Crippen LogP contribution in [0.15, 0.2) is 197 Å². The monoisotopic (exact) mass is 743 g/mol. The van der Waals surface area contributed by atoms with Crippen LogP contribution >= 0.6 is 0 Å². The highest BCUT2D eigenvalue weighted by molar-refractivity contribution is 6.15. The van der Waals surface area contributed by atoms with Crippen molar-refractivity contribution in [1.29, 1.82) is 0 Å². The first-order valence-electron chi connectivity index (χ1n) is 20.0. The van der Waals surface area contributed by atoms with E-state index in [0.29, 0.717) is 0 Å². The van der Waals surface area contributed by atoms with Gasteiger partial charge in [0.15, 0.2) is 0 Å². The quantitative estimate of drug-likeness (QED) is 0.176. The first kappa shape index (κ1) is 32.8. The van der Waals surface area contributed by atoms with Crippen molar-refractivity contribution in [3.63, 3.8) is 0 Å². The van der Waals surface area contributed by atoms with E-state index < -0.39 is 0 Å². The minimum Gasteiger partial charge on any atom is -0.456 e. The molecule has 0 aliphatic heterocycles. The molecule has 0 unspecified atom stereocenters. The van der Waals surface area contributed by atoms with Crippen LogP contribution in [0.25, 0.3) is 88.0 Å². The lowest BCUT2D eigenvalue weighted by Gasteiger charge is -2.28. The molecule has 3 nitrogen and oxygen atoms in total. The summed E-state index contributed by atoms with van der Waals surface area (Å²) in [5.74, 6) is 0. The van der Waals surface area contributed by atoms with Crippen LogP contribution in [0.5, 0.6) is 0 Å². The van der Waals surface area contributed by atoms with E-state index in [0.717, 1.165) is 66.5 Å². The number of hydrogen-bond donors (Lipinski definition) is 0. The fourth-order valence-corrected chi connectivity index (χ4v) is 9.43. The Morgan fingerprint density at radius 3 is 1.67 bits per heavy atom. The molecule has 2 aromatic heterocycles. The van der Waals surface area contributed by atoms with E-state index >= 15 is 0 Å². The zero-order chi connectivity index (χ0) is 38.5. The lowest BCUT2D eigenvalue weighted by molar-refractivity contribution is 0.660. The fourth-order valence-electron chi connectivity index (χ4n) is 9.43. The van der Waals surface area contributed by atoms with Gasteiger partial charge in [-0.2, -0.15) is 0 Å². The Kier molecular flexibility index (Phi) is 6.98. The van der Waals surface area contributed by atoms with Crippen molar-refractivity contribution in [2.75, 3.05) is 4.90 Å². The molecule has 0 amide bonds. The van der Waals surface area contributed by atoms with Crippen LogP contribution in [0.2, 0.25) is 0 Å². The van der Waals surface area contributed by atoms with Crippen LogP contribution in [-0.2, 0) is 5.41 Å². The molecule has 0 fully saturated rings. The minimum atomic E-state index is -0.118. The summed E-state index contributed by atoms with van der Waals surface area (Å²) in [7, 11) is 0. The largest absolute Gasteiger partial charge is 0.456 e. The zero-order valence-electron chi connectivity index (χ0n) is 32.2. The summed E-state index contributed by atoms with van der Waals surface area (Å²) in [5, 5.41) is 6.69. The lowest BCUT2D eigenvalue weighted by atomic mass is 9.82. The molecule has 1 aliphatic carbocycles. The highest BCUT2D eigenvalue weighted by Gasteiger charge is 2.35. The van der Waals surface area contributed by atoms with Crippen LogP contribution in [0.1, 0.15) is 25.0 Å². The maximum absolute atomic E-state index is 6.73. The summed E-state index contributed by atoms with van der Waals surface area (Å²) in [6, 6.07) is 67.7. The Hall–Kier alpha value is -7.36. The Labute approximate surface area is 336 Å². The third-order valence-corrected chi connectivity index (χ3v) is 12.4. The van der Waals surface area contributed by atoms with Gasteiger partial charge in [-0.15, -0.1) is 0 Å². The van der Waals surface area contributed by atoms with Crippen molar-refractivity contribution < 1.29 is 8.83 Å². The van der Waals surface area contributed by atoms with Gasteiger partial charge < -0.3 is 13.7 Å². The number of nitrogens with zero attached hydrogens (tertiary/aromatic N) is 1. The number of anilines is 3. The smallest absolute Gasteiger partial charge is 0.137 e. The van der Waals surface area contributed by atoms with Gasteiger partial charge in [0.05, 0.1) is 0 Å². The van der Waals surface area contributed by atoms with Crippen LogP contribution in [0.4, 0.5) is 17.1 Å². The Balaban J connectivity index is 0.966. The third-order valence-electron chi connectivity index (χ3n) is 12.4. The summed E-state index contributed by atoms with van der Waals surface area (Å²) >= 11 is 0. The highest BCUT2D eigenvalue weighted by atomic mass is 16.3. The van der Waals surface area contributed by atoms with Gasteiger partial charge in [0.25, 0.3) is 0 Å². The number of rotatable bonds is 5. The summed E-state index contributed by atoms with van der Waals surface area (Å²) in [4.78, 5) is 2.35. The molecule has 0 atom stereocenters. The van der Waals surface area contributed by atoms with E-state index in [1.165, 1.54) is 49.7 Å². The third kappa shape index (κ3) is 5.00. The molecule has 1 aliphatic rings. The summed E-state index contributed by atoms with van der Waals surface area (Å²) in [6.07, 6.45) is 0. The average molecular weight is 744 g/mol. The zero-order valence-corrected chi connectivity index (χ0v) is 32.2. The van der Waals surface area contributed by atoms with Gasteiger partial charge in [-0.05, 0) is 122 Å². The molecule has 0 N–H and O–H groups in total. The second-order valence-corrected chi connectivity index (χ2v) is 16.2. The minimum absolute atomic E-state index is 0.118. The summed E-state index contributed by atoms with van der Waals surface area (Å²) in [6.45, 7) is 4.67. The van der Waals surface area contributed by atoms with Crippen molar-refractivity contribution in [1.82, 2.24) is 0 Å². The molecule has 11 aromatic rings. The molecule has 9 aromatic carbocycles. The molecule has 0 spiro atoms. The van der Waals surface area contributed by atoms with Gasteiger partial charge >= 0.3 is 0 Å². The number of fused-ring (bicyclic) bond motifs is 10. The van der Waals surface area contributed by atoms with Crippen molar-refractivity contribution in [2.24, 2.45) is 0 Å². The van der Waals surface area contributed by atoms with Crippen LogP contribution in [0.3, 0.4) is 0 Å². The number of furan rings is 2. The molecule has 3 heteroatoms. The Morgan fingerprint density at radius 2 is 0.879 bits per heavy atom. The number of benzene rings is 9. The van der Waals surface area contributed by atoms with Crippen molar-refractivity contribution in [3.05, 3.63) is 199 Å². The SMILES string of the molecule is CC1(C)c2ccccc2-c2ccc(N(c3ccc(-c4ccccc4)cc3)c3ccc4c(c3)oc3cc5c(cc34)oc3cc(-c4ccc6ccccc6c4)ccc35)cc21. The highest BCUT2D eigenvalue weighted by Crippen LogP contribution is 2.51. The maximum atomic E-state index is 6.73. The average Bonchev–Trinajstić information content (AvgIpc) is 3.89. The molecule has 274 valence electrons. The van der Waals surface area contributed by atoms with Crippen molar-refractivity contribution >= 4 is 71.7 Å². The molecule has 0 radical (unpaired) electrons. The predicted octanol–water partition coefficient (Wildman–Crippen LogP) is 15.7. The topological polar surface area (TPSA) is 29.5 Å². The maximum Gasteiger partial charge on any atom is 0.137 e. The first-order chi connectivity index (χ1) is 28.5. The molecule has 58 heavy (non-hydrogen) atoms. The Morgan fingerprint density at radius 1 is 0.345 bits per heavy atom. The van der Waals surface area contributed by atoms with Gasteiger partial charge in [-0.25, -0.2) is 0 Å². The van der Waals surface area contributed by atoms with Crippen LogP contribution in [-0.4, -0.2) is 0 Å². The standard InChI is InChI=1S/C55H37NO2/c1-55(2)49-15-9-8-14-43(49)44-26-23-41(30-50(44)55)56(40-21-18-36(19-22-40)34-10-4-3-5-11-34)42-24-27-46-48-33-53-47(32-54(48)58-52(46)31-42)45-25-20-39(29-51(45)57-53)38-17-16-35-12-6-7-13-37(35)28-38/h3-33H,1-2H3. The Bertz CT molecular complexity index is 3420. The van der Waals surface area contributed by atoms with Gasteiger partial charge in [-0.3, -0.25) is 0 Å². The molecule has 0 saturated carbocycles. The lowest BCUT2D eigenvalue weighted by Crippen LogP contribution is -2.16. The second-order valence-electron chi connectivity index (χ2n) is 16.2. The molecule has 12 rings (SSSR count). The summed E-state index contributed by atoms with van der Waals surface area (Å²) in [5.41, 5.74) is 16.5. The second kappa shape index (κ2) is 12.3. The van der Waals surface area contributed by atoms with Crippen LogP contribution < -0.4 is 4.90 Å². The van der Waals surface area contributed by atoms with Gasteiger partial charge in [-0.1, -0.05) is 129 Å². The number of hydrogen-bond acceptors (Lipinski definition) is 3. The van der Waals surface area contributed by atoms with E-state index in [-0.39, 0.29) is 5.41 Å². The molecular formula is C55H37NO2. The molecule has 0 bridgehead atoms. The van der Waals surface area contributed by atoms with E-state index in [9.17, 15) is 0 Å². The van der Waals surface area contributed by atoms with E-state index in [1.807, 2.05) is 0 Å². The first-order valence-corrected chi connectivity index (χ1v) is 20.0. The predicted molar refractivity (Wildman–Crippen MR) is 242 cm³/mol. The molecule has 0 saturated heterocycles. The molecule has 2 heterocycles. The molecular weight excluding hydrogens is 707 g/mol.